The maximum atomic E-state index is 11.8. The van der Waals surface area contributed by atoms with Crippen molar-refractivity contribution >= 4 is 17.2 Å². The molecule has 0 heterocycles. The molecule has 1 unspecified atom stereocenters. The van der Waals surface area contributed by atoms with E-state index in [1.165, 1.54) is 6.92 Å². The molecule has 1 atom stereocenters. The summed E-state index contributed by atoms with van der Waals surface area (Å²) in [6, 6.07) is 7.45. The van der Waals surface area contributed by atoms with Crippen molar-refractivity contribution in [3.63, 3.8) is 0 Å². The maximum absolute atomic E-state index is 11.8. The number of nitrogens with one attached hydrogen (secondary N) is 2. The first-order valence-electron chi connectivity index (χ1n) is 11.0. The molecule has 0 bridgehead atoms. The van der Waals surface area contributed by atoms with Gasteiger partial charge in [-0.05, 0) is 61.8 Å². The van der Waals surface area contributed by atoms with Crippen molar-refractivity contribution in [1.82, 2.24) is 10.2 Å². The number of carbonyl (C=O) groups is 1. The Labute approximate surface area is 199 Å². The fraction of sp³-hybridized carbons (Fsp3) is 0.286. The molecule has 1 aliphatic rings. The molecule has 0 aromatic heterocycles. The summed E-state index contributed by atoms with van der Waals surface area (Å²) in [6.07, 6.45) is 9.29. The number of rotatable bonds is 10. The summed E-state index contributed by atoms with van der Waals surface area (Å²) >= 11 is 0. The first-order valence-corrected chi connectivity index (χ1v) is 11.0. The van der Waals surface area contributed by atoms with E-state index in [4.69, 9.17) is 6.42 Å². The number of hydrogen-bond acceptors (Lipinski definition) is 5. The fourth-order valence-corrected chi connectivity index (χ4v) is 3.03. The number of aliphatic imine (C=N–C) groups is 1. The highest BCUT2D eigenvalue weighted by molar-refractivity contribution is 5.97. The average Bonchev–Trinajstić information content (AvgIpc) is 2.82. The van der Waals surface area contributed by atoms with E-state index in [1.807, 2.05) is 58.0 Å². The van der Waals surface area contributed by atoms with Crippen LogP contribution in [-0.4, -0.2) is 29.5 Å². The van der Waals surface area contributed by atoms with Gasteiger partial charge in [-0.25, -0.2) is 4.99 Å². The highest BCUT2D eigenvalue weighted by Crippen LogP contribution is 2.30. The maximum Gasteiger partial charge on any atom is 0.164 e. The van der Waals surface area contributed by atoms with Crippen LogP contribution in [0.5, 0.6) is 0 Å². The molecule has 0 aliphatic heterocycles. The third kappa shape index (κ3) is 7.40. The van der Waals surface area contributed by atoms with Crippen molar-refractivity contribution in [1.29, 1.82) is 0 Å². The molecule has 0 fully saturated rings. The van der Waals surface area contributed by atoms with Gasteiger partial charge in [-0.3, -0.25) is 4.79 Å². The Kier molecular flexibility index (Phi) is 10.7. The standard InChI is InChI=1S/C26H30N4O.C2H6/c1-9-25(21(7)31)30(8)26(10-2)28-20(6)19(5)27-16-22-12-11-13-23(15-22)29-24-14-17(3)18(24)4;1-2/h1,10-15,25,27,29H,3-5,16H2,2,6-8H3;1-2H3/b26-10-,28-20+;. The van der Waals surface area contributed by atoms with Gasteiger partial charge in [0.25, 0.3) is 0 Å². The molecule has 0 spiro atoms. The van der Waals surface area contributed by atoms with E-state index in [9.17, 15) is 4.79 Å². The van der Waals surface area contributed by atoms with Crippen molar-refractivity contribution in [2.75, 3.05) is 12.4 Å². The van der Waals surface area contributed by atoms with E-state index in [-0.39, 0.29) is 5.78 Å². The second-order valence-corrected chi connectivity index (χ2v) is 7.35. The topological polar surface area (TPSA) is 56.7 Å². The number of hydrogen-bond donors (Lipinski definition) is 2. The van der Waals surface area contributed by atoms with E-state index in [0.717, 1.165) is 28.1 Å². The van der Waals surface area contributed by atoms with E-state index in [0.29, 0.717) is 23.8 Å². The molecule has 1 aliphatic carbocycles. The lowest BCUT2D eigenvalue weighted by Gasteiger charge is -2.24. The van der Waals surface area contributed by atoms with E-state index < -0.39 is 6.04 Å². The predicted molar refractivity (Wildman–Crippen MR) is 142 cm³/mol. The van der Waals surface area contributed by atoms with E-state index in [2.05, 4.69) is 47.3 Å². The van der Waals surface area contributed by atoms with Gasteiger partial charge in [-0.15, -0.1) is 6.42 Å². The van der Waals surface area contributed by atoms with Gasteiger partial charge in [-0.2, -0.15) is 0 Å². The van der Waals surface area contributed by atoms with Crippen LogP contribution in [0.1, 0.15) is 40.2 Å². The van der Waals surface area contributed by atoms with Crippen LogP contribution in [0.25, 0.3) is 0 Å². The Bertz CT molecular complexity index is 1050. The zero-order valence-electron chi connectivity index (χ0n) is 20.7. The summed E-state index contributed by atoms with van der Waals surface area (Å²) in [4.78, 5) is 18.1. The molecule has 5 nitrogen and oxygen atoms in total. The molecule has 174 valence electrons. The van der Waals surface area contributed by atoms with Crippen molar-refractivity contribution < 1.29 is 4.79 Å². The third-order valence-corrected chi connectivity index (χ3v) is 5.01. The van der Waals surface area contributed by atoms with Gasteiger partial charge >= 0.3 is 0 Å². The molecule has 33 heavy (non-hydrogen) atoms. The highest BCUT2D eigenvalue weighted by Gasteiger charge is 2.19. The van der Waals surface area contributed by atoms with Gasteiger partial charge in [0.2, 0.25) is 0 Å². The average molecular weight is 445 g/mol. The SMILES string of the molecule is C#CC(C(C)=O)N(C)C(=C\C)/N=C(\C)C(=C)NCc1cccc(NC2=CC(=C)C2=C)c1.CC. The molecule has 0 amide bonds. The van der Waals surface area contributed by atoms with Gasteiger partial charge in [0, 0.05) is 30.7 Å². The number of allylic oxidation sites excluding steroid dienone is 4. The number of nitrogens with zero attached hydrogens (tertiary/aromatic N) is 2. The minimum atomic E-state index is -0.654. The molecular weight excluding hydrogens is 408 g/mol. The Hall–Kier alpha value is -3.78. The smallest absolute Gasteiger partial charge is 0.164 e. The zero-order valence-corrected chi connectivity index (χ0v) is 20.7. The summed E-state index contributed by atoms with van der Waals surface area (Å²) in [5.41, 5.74) is 6.36. The van der Waals surface area contributed by atoms with Gasteiger partial charge < -0.3 is 15.5 Å². The number of anilines is 1. The van der Waals surface area contributed by atoms with Gasteiger partial charge in [0.1, 0.15) is 11.9 Å². The molecule has 2 rings (SSSR count). The number of carbonyl (C=O) groups excluding carboxylic acids is 1. The Morgan fingerprint density at radius 1 is 1.30 bits per heavy atom. The summed E-state index contributed by atoms with van der Waals surface area (Å²) in [5.74, 6) is 3.01. The van der Waals surface area contributed by atoms with Gasteiger partial charge in [0.15, 0.2) is 5.78 Å². The number of terminal acetylenes is 1. The van der Waals surface area contributed by atoms with Crippen LogP contribution in [0.3, 0.4) is 0 Å². The molecule has 0 saturated carbocycles. The lowest BCUT2D eigenvalue weighted by Crippen LogP contribution is -2.35. The third-order valence-electron chi connectivity index (χ3n) is 5.01. The number of benzene rings is 1. The molecule has 2 N–H and O–H groups in total. The number of Topliss-reactive ketones (excluding diaryl/α,β-unsaturated/α-hetero) is 1. The predicted octanol–water partition coefficient (Wildman–Crippen LogP) is 5.58. The normalized spacial score (nSPS) is 14.0. The van der Waals surface area contributed by atoms with Crippen LogP contribution in [0.2, 0.25) is 0 Å². The molecule has 0 saturated heterocycles. The zero-order chi connectivity index (χ0) is 25.1. The lowest BCUT2D eigenvalue weighted by atomic mass is 9.94. The number of likely N-dealkylation sites (N-methyl/N-ethyl adjacent to an activating group) is 1. The molecule has 0 radical (unpaired) electrons. The van der Waals surface area contributed by atoms with Crippen LogP contribution < -0.4 is 10.6 Å². The first kappa shape index (κ1) is 27.3. The summed E-state index contributed by atoms with van der Waals surface area (Å²) in [6.45, 7) is 21.8. The van der Waals surface area contributed by atoms with Crippen LogP contribution in [0, 0.1) is 12.3 Å². The van der Waals surface area contributed by atoms with Crippen LogP contribution in [0.4, 0.5) is 5.69 Å². The van der Waals surface area contributed by atoms with Crippen molar-refractivity contribution in [3.8, 4) is 12.3 Å². The van der Waals surface area contributed by atoms with E-state index in [1.54, 1.807) is 11.9 Å². The molecule has 1 aromatic rings. The Morgan fingerprint density at radius 2 is 1.97 bits per heavy atom. The van der Waals surface area contributed by atoms with Gasteiger partial charge in [0.05, 0.1) is 5.71 Å². The van der Waals surface area contributed by atoms with E-state index >= 15 is 0 Å². The second-order valence-electron chi connectivity index (χ2n) is 7.35. The highest BCUT2D eigenvalue weighted by atomic mass is 16.1. The van der Waals surface area contributed by atoms with Crippen LogP contribution in [-0.2, 0) is 11.3 Å². The minimum absolute atomic E-state index is 0.104. The summed E-state index contributed by atoms with van der Waals surface area (Å²) in [5, 5.41) is 6.66. The van der Waals surface area contributed by atoms with Crippen molar-refractivity contribution in [2.24, 2.45) is 4.99 Å². The summed E-state index contributed by atoms with van der Waals surface area (Å²) < 4.78 is 0. The Balaban J connectivity index is 0.00000265. The van der Waals surface area contributed by atoms with Crippen LogP contribution >= 0.6 is 0 Å². The summed E-state index contributed by atoms with van der Waals surface area (Å²) in [7, 11) is 1.76. The Morgan fingerprint density at radius 3 is 2.48 bits per heavy atom. The first-order chi connectivity index (χ1) is 15.7. The largest absolute Gasteiger partial charge is 0.380 e. The molecular formula is C28H36N4O. The second kappa shape index (κ2) is 12.9. The van der Waals surface area contributed by atoms with Gasteiger partial charge in [-0.1, -0.05) is 51.6 Å². The quantitative estimate of drug-likeness (QED) is 0.365. The lowest BCUT2D eigenvalue weighted by molar-refractivity contribution is -0.119. The van der Waals surface area contributed by atoms with Crippen LogP contribution in [0.15, 0.2) is 89.5 Å². The minimum Gasteiger partial charge on any atom is -0.380 e. The monoisotopic (exact) mass is 444 g/mol. The fourth-order valence-electron chi connectivity index (χ4n) is 3.03. The number of ketones is 1. The van der Waals surface area contributed by atoms with Crippen molar-refractivity contribution in [2.45, 2.75) is 47.2 Å². The van der Waals surface area contributed by atoms with Crippen molar-refractivity contribution in [3.05, 3.63) is 90.1 Å². The molecule has 1 aromatic carbocycles. The molecule has 5 heteroatoms.